The number of halogens is 4. The van der Waals surface area contributed by atoms with E-state index >= 15 is 0 Å². The summed E-state index contributed by atoms with van der Waals surface area (Å²) in [4.78, 5) is 35.0. The van der Waals surface area contributed by atoms with Gasteiger partial charge in [0.05, 0.1) is 12.1 Å². The van der Waals surface area contributed by atoms with Crippen molar-refractivity contribution in [2.45, 2.75) is 6.18 Å². The van der Waals surface area contributed by atoms with Crippen molar-refractivity contribution in [3.63, 3.8) is 0 Å². The predicted molar refractivity (Wildman–Crippen MR) is 88.1 cm³/mol. The number of amides is 3. The highest BCUT2D eigenvalue weighted by atomic mass is 19.4. The second kappa shape index (κ2) is 8.30. The zero-order chi connectivity index (χ0) is 20.0. The summed E-state index contributed by atoms with van der Waals surface area (Å²) in [6.07, 6.45) is -4.60. The zero-order valence-corrected chi connectivity index (χ0v) is 13.6. The molecule has 0 atom stereocenters. The van der Waals surface area contributed by atoms with Crippen LogP contribution in [0.1, 0.15) is 5.56 Å². The average Bonchev–Trinajstić information content (AvgIpc) is 2.61. The van der Waals surface area contributed by atoms with Crippen LogP contribution in [-0.4, -0.2) is 24.3 Å². The zero-order valence-electron chi connectivity index (χ0n) is 13.6. The lowest BCUT2D eigenvalue weighted by atomic mass is 10.2. The van der Waals surface area contributed by atoms with E-state index in [0.717, 1.165) is 24.3 Å². The molecule has 10 heteroatoms. The molecule has 2 aromatic rings. The van der Waals surface area contributed by atoms with Crippen molar-refractivity contribution in [2.24, 2.45) is 0 Å². The Balaban J connectivity index is 1.86. The predicted octanol–water partition coefficient (Wildman–Crippen LogP) is 2.54. The van der Waals surface area contributed by atoms with Gasteiger partial charge in [-0.1, -0.05) is 6.07 Å². The molecule has 0 spiro atoms. The summed E-state index contributed by atoms with van der Waals surface area (Å²) < 4.78 is 50.6. The Morgan fingerprint density at radius 2 is 1.52 bits per heavy atom. The van der Waals surface area contributed by atoms with Gasteiger partial charge in [-0.05, 0) is 42.5 Å². The van der Waals surface area contributed by atoms with Crippen LogP contribution >= 0.6 is 0 Å². The van der Waals surface area contributed by atoms with Crippen molar-refractivity contribution in [2.75, 3.05) is 17.2 Å². The van der Waals surface area contributed by atoms with Gasteiger partial charge in [0.1, 0.15) is 5.82 Å². The smallest absolute Gasteiger partial charge is 0.339 e. The maximum Gasteiger partial charge on any atom is 0.416 e. The Kier molecular flexibility index (Phi) is 6.11. The van der Waals surface area contributed by atoms with E-state index in [1.807, 2.05) is 10.6 Å². The summed E-state index contributed by atoms with van der Waals surface area (Å²) >= 11 is 0. The van der Waals surface area contributed by atoms with E-state index in [9.17, 15) is 31.9 Å². The molecule has 0 aromatic heterocycles. The van der Waals surface area contributed by atoms with Gasteiger partial charge in [-0.15, -0.1) is 0 Å². The maximum absolute atomic E-state index is 12.8. The van der Waals surface area contributed by atoms with Crippen LogP contribution in [0.15, 0.2) is 48.5 Å². The minimum atomic E-state index is -4.60. The summed E-state index contributed by atoms with van der Waals surface area (Å²) in [6.45, 7) is -0.563. The number of hydrogen-bond acceptors (Lipinski definition) is 3. The second-order valence-corrected chi connectivity index (χ2v) is 5.27. The summed E-state index contributed by atoms with van der Waals surface area (Å²) in [5.41, 5.74) is -0.927. The maximum atomic E-state index is 12.8. The molecule has 0 aliphatic carbocycles. The van der Waals surface area contributed by atoms with E-state index < -0.39 is 41.8 Å². The lowest BCUT2D eigenvalue weighted by Crippen LogP contribution is -2.39. The first-order valence-electron chi connectivity index (χ1n) is 7.47. The summed E-state index contributed by atoms with van der Waals surface area (Å²) in [5, 5.41) is 6.39. The summed E-state index contributed by atoms with van der Waals surface area (Å²) in [7, 11) is 0. The molecule has 0 saturated heterocycles. The summed E-state index contributed by atoms with van der Waals surface area (Å²) in [6, 6.07) is 8.59. The van der Waals surface area contributed by atoms with Crippen LogP contribution < -0.4 is 16.0 Å². The fourth-order valence-corrected chi connectivity index (χ4v) is 1.94. The molecular weight excluding hydrogens is 370 g/mol. The number of alkyl halides is 3. The van der Waals surface area contributed by atoms with Crippen molar-refractivity contribution in [1.82, 2.24) is 5.32 Å². The van der Waals surface area contributed by atoms with Gasteiger partial charge in [0.25, 0.3) is 0 Å². The topological polar surface area (TPSA) is 87.3 Å². The molecule has 27 heavy (non-hydrogen) atoms. The van der Waals surface area contributed by atoms with Crippen LogP contribution in [-0.2, 0) is 20.6 Å². The molecule has 0 unspecified atom stereocenters. The van der Waals surface area contributed by atoms with Crippen LogP contribution in [0.5, 0.6) is 0 Å². The third-order valence-electron chi connectivity index (χ3n) is 3.19. The van der Waals surface area contributed by atoms with Crippen LogP contribution in [0.25, 0.3) is 0 Å². The largest absolute Gasteiger partial charge is 0.416 e. The molecule has 0 saturated carbocycles. The molecular formula is C17H13F4N3O3. The molecule has 6 nitrogen and oxygen atoms in total. The lowest BCUT2D eigenvalue weighted by Gasteiger charge is -2.10. The Bertz CT molecular complexity index is 851. The van der Waals surface area contributed by atoms with Crippen molar-refractivity contribution in [3.05, 3.63) is 59.9 Å². The standard InChI is InChI=1S/C17H13F4N3O3/c18-11-4-6-12(7-5-11)23-14(25)9-22-15(26)16(27)24-13-3-1-2-10(8-13)17(19,20)21/h1-8H,9H2,(H,22,26)(H,23,25)(H,24,27). The highest BCUT2D eigenvalue weighted by Gasteiger charge is 2.30. The number of anilines is 2. The first-order valence-corrected chi connectivity index (χ1v) is 7.47. The van der Waals surface area contributed by atoms with Gasteiger partial charge in [0, 0.05) is 11.4 Å². The third kappa shape index (κ3) is 6.10. The number of rotatable bonds is 4. The highest BCUT2D eigenvalue weighted by Crippen LogP contribution is 2.30. The molecule has 2 rings (SSSR count). The van der Waals surface area contributed by atoms with Crippen molar-refractivity contribution < 1.29 is 31.9 Å². The number of benzene rings is 2. The van der Waals surface area contributed by atoms with E-state index in [-0.39, 0.29) is 11.4 Å². The number of nitrogens with one attached hydrogen (secondary N) is 3. The molecule has 0 fully saturated rings. The molecule has 0 aliphatic heterocycles. The monoisotopic (exact) mass is 383 g/mol. The molecule has 0 bridgehead atoms. The number of hydrogen-bond donors (Lipinski definition) is 3. The van der Waals surface area contributed by atoms with Crippen molar-refractivity contribution in [3.8, 4) is 0 Å². The van der Waals surface area contributed by atoms with Gasteiger partial charge in [-0.25, -0.2) is 4.39 Å². The number of carbonyl (C=O) groups is 3. The molecule has 3 amide bonds. The summed E-state index contributed by atoms with van der Waals surface area (Å²) in [5.74, 6) is -3.61. The van der Waals surface area contributed by atoms with Gasteiger partial charge in [0.15, 0.2) is 0 Å². The van der Waals surface area contributed by atoms with Gasteiger partial charge in [-0.3, -0.25) is 14.4 Å². The van der Waals surface area contributed by atoms with Gasteiger partial charge in [0.2, 0.25) is 5.91 Å². The molecule has 2 aromatic carbocycles. The Labute approximate surface area is 150 Å². The third-order valence-corrected chi connectivity index (χ3v) is 3.19. The van der Waals surface area contributed by atoms with Crippen molar-refractivity contribution >= 4 is 29.1 Å². The quantitative estimate of drug-likeness (QED) is 0.560. The minimum absolute atomic E-state index is 0.222. The average molecular weight is 383 g/mol. The van der Waals surface area contributed by atoms with Crippen LogP contribution in [0, 0.1) is 5.82 Å². The lowest BCUT2D eigenvalue weighted by molar-refractivity contribution is -0.137. The second-order valence-electron chi connectivity index (χ2n) is 5.27. The van der Waals surface area contributed by atoms with E-state index in [0.29, 0.717) is 6.07 Å². The normalized spacial score (nSPS) is 10.8. The minimum Gasteiger partial charge on any atom is -0.339 e. The Morgan fingerprint density at radius 3 is 2.15 bits per heavy atom. The van der Waals surface area contributed by atoms with Gasteiger partial charge in [-0.2, -0.15) is 13.2 Å². The van der Waals surface area contributed by atoms with Crippen LogP contribution in [0.2, 0.25) is 0 Å². The van der Waals surface area contributed by atoms with Crippen LogP contribution in [0.4, 0.5) is 28.9 Å². The molecule has 0 radical (unpaired) electrons. The van der Waals surface area contributed by atoms with E-state index in [4.69, 9.17) is 0 Å². The van der Waals surface area contributed by atoms with E-state index in [1.54, 1.807) is 0 Å². The highest BCUT2D eigenvalue weighted by molar-refractivity contribution is 6.39. The fraction of sp³-hybridized carbons (Fsp3) is 0.118. The van der Waals surface area contributed by atoms with Gasteiger partial charge >= 0.3 is 18.0 Å². The first kappa shape index (κ1) is 19.9. The van der Waals surface area contributed by atoms with E-state index in [2.05, 4.69) is 5.32 Å². The first-order chi connectivity index (χ1) is 12.6. The molecule has 0 heterocycles. The number of carbonyl (C=O) groups excluding carboxylic acids is 3. The fourth-order valence-electron chi connectivity index (χ4n) is 1.94. The van der Waals surface area contributed by atoms with Crippen LogP contribution in [0.3, 0.4) is 0 Å². The Morgan fingerprint density at radius 1 is 0.852 bits per heavy atom. The molecule has 3 N–H and O–H groups in total. The van der Waals surface area contributed by atoms with E-state index in [1.165, 1.54) is 18.2 Å². The van der Waals surface area contributed by atoms with Crippen molar-refractivity contribution in [1.29, 1.82) is 0 Å². The molecule has 142 valence electrons. The van der Waals surface area contributed by atoms with Gasteiger partial charge < -0.3 is 16.0 Å². The SMILES string of the molecule is O=C(CNC(=O)C(=O)Nc1cccc(C(F)(F)F)c1)Nc1ccc(F)cc1. The Hall–Kier alpha value is -3.43. The molecule has 0 aliphatic rings.